The van der Waals surface area contributed by atoms with Gasteiger partial charge in [-0.15, -0.1) is 0 Å². The molecule has 0 unspecified atom stereocenters. The SMILES string of the molecule is CNCCS(=O)(=O)NCc1ccc(C(C)C)cc1. The van der Waals surface area contributed by atoms with Crippen molar-refractivity contribution in [1.29, 1.82) is 0 Å². The monoisotopic (exact) mass is 270 g/mol. The highest BCUT2D eigenvalue weighted by Gasteiger charge is 2.08. The Morgan fingerprint density at radius 2 is 1.78 bits per heavy atom. The van der Waals surface area contributed by atoms with E-state index >= 15 is 0 Å². The van der Waals surface area contributed by atoms with Gasteiger partial charge in [0.2, 0.25) is 10.0 Å². The van der Waals surface area contributed by atoms with Gasteiger partial charge in [-0.1, -0.05) is 38.1 Å². The largest absolute Gasteiger partial charge is 0.319 e. The summed E-state index contributed by atoms with van der Waals surface area (Å²) >= 11 is 0. The predicted molar refractivity (Wildman–Crippen MR) is 75.1 cm³/mol. The van der Waals surface area contributed by atoms with Crippen molar-refractivity contribution in [3.8, 4) is 0 Å². The van der Waals surface area contributed by atoms with Crippen LogP contribution in [0, 0.1) is 0 Å². The minimum absolute atomic E-state index is 0.105. The summed E-state index contributed by atoms with van der Waals surface area (Å²) in [4.78, 5) is 0. The standard InChI is InChI=1S/C13H22N2O2S/c1-11(2)13-6-4-12(5-7-13)10-15-18(16,17)9-8-14-3/h4-7,11,14-15H,8-10H2,1-3H3. The Morgan fingerprint density at radius 3 is 2.28 bits per heavy atom. The van der Waals surface area contributed by atoms with E-state index in [0.717, 1.165) is 5.56 Å². The molecule has 18 heavy (non-hydrogen) atoms. The van der Waals surface area contributed by atoms with Gasteiger partial charge in [0.25, 0.3) is 0 Å². The van der Waals surface area contributed by atoms with E-state index in [-0.39, 0.29) is 5.75 Å². The van der Waals surface area contributed by atoms with Gasteiger partial charge in [0.1, 0.15) is 0 Å². The smallest absolute Gasteiger partial charge is 0.213 e. The highest BCUT2D eigenvalue weighted by molar-refractivity contribution is 7.89. The lowest BCUT2D eigenvalue weighted by Crippen LogP contribution is -2.30. The van der Waals surface area contributed by atoms with Crippen LogP contribution in [0.15, 0.2) is 24.3 Å². The molecule has 1 aromatic rings. The Bertz CT molecular complexity index is 452. The Balaban J connectivity index is 2.53. The fourth-order valence-electron chi connectivity index (χ4n) is 1.52. The zero-order valence-corrected chi connectivity index (χ0v) is 12.0. The van der Waals surface area contributed by atoms with Gasteiger partial charge in [-0.05, 0) is 24.1 Å². The van der Waals surface area contributed by atoms with Crippen LogP contribution in [0.5, 0.6) is 0 Å². The van der Waals surface area contributed by atoms with Crippen molar-refractivity contribution in [3.63, 3.8) is 0 Å². The third kappa shape index (κ3) is 5.16. The highest BCUT2D eigenvalue weighted by Crippen LogP contribution is 2.14. The molecule has 0 saturated carbocycles. The number of benzene rings is 1. The van der Waals surface area contributed by atoms with Crippen molar-refractivity contribution in [2.75, 3.05) is 19.3 Å². The lowest BCUT2D eigenvalue weighted by Gasteiger charge is -2.08. The fraction of sp³-hybridized carbons (Fsp3) is 0.538. The Labute approximate surface area is 110 Å². The zero-order valence-electron chi connectivity index (χ0n) is 11.2. The average molecular weight is 270 g/mol. The molecule has 0 fully saturated rings. The van der Waals surface area contributed by atoms with Crippen LogP contribution in [0.25, 0.3) is 0 Å². The lowest BCUT2D eigenvalue weighted by molar-refractivity contribution is 0.579. The molecule has 0 aliphatic rings. The quantitative estimate of drug-likeness (QED) is 0.788. The van der Waals surface area contributed by atoms with Crippen LogP contribution >= 0.6 is 0 Å². The third-order valence-electron chi connectivity index (χ3n) is 2.76. The minimum atomic E-state index is -3.18. The molecule has 4 nitrogen and oxygen atoms in total. The Kier molecular flexibility index (Phi) is 5.78. The van der Waals surface area contributed by atoms with Crippen LogP contribution < -0.4 is 10.0 Å². The molecule has 1 aromatic carbocycles. The van der Waals surface area contributed by atoms with E-state index in [4.69, 9.17) is 0 Å². The van der Waals surface area contributed by atoms with Gasteiger partial charge >= 0.3 is 0 Å². The van der Waals surface area contributed by atoms with Crippen molar-refractivity contribution in [2.24, 2.45) is 0 Å². The maximum Gasteiger partial charge on any atom is 0.213 e. The van der Waals surface area contributed by atoms with E-state index in [1.54, 1.807) is 7.05 Å². The van der Waals surface area contributed by atoms with E-state index in [1.165, 1.54) is 5.56 Å². The molecular weight excluding hydrogens is 248 g/mol. The Hall–Kier alpha value is -0.910. The van der Waals surface area contributed by atoms with E-state index in [1.807, 2.05) is 24.3 Å². The van der Waals surface area contributed by atoms with E-state index in [2.05, 4.69) is 23.9 Å². The van der Waals surface area contributed by atoms with Crippen molar-refractivity contribution in [3.05, 3.63) is 35.4 Å². The second-order valence-corrected chi connectivity index (χ2v) is 6.57. The average Bonchev–Trinajstić information content (AvgIpc) is 2.35. The van der Waals surface area contributed by atoms with Gasteiger partial charge in [-0.2, -0.15) is 0 Å². The first-order valence-corrected chi connectivity index (χ1v) is 7.80. The van der Waals surface area contributed by atoms with E-state index < -0.39 is 10.0 Å². The van der Waals surface area contributed by atoms with E-state index in [9.17, 15) is 8.42 Å². The molecule has 0 aliphatic heterocycles. The molecule has 102 valence electrons. The van der Waals surface area contributed by atoms with Gasteiger partial charge in [-0.3, -0.25) is 0 Å². The van der Waals surface area contributed by atoms with Gasteiger partial charge in [0.05, 0.1) is 5.75 Å². The number of sulfonamides is 1. The predicted octanol–water partition coefficient (Wildman–Crippen LogP) is 1.45. The number of hydrogen-bond donors (Lipinski definition) is 2. The van der Waals surface area contributed by atoms with Crippen LogP contribution in [-0.4, -0.2) is 27.8 Å². The summed E-state index contributed by atoms with van der Waals surface area (Å²) in [7, 11) is -1.44. The van der Waals surface area contributed by atoms with Crippen LogP contribution in [0.2, 0.25) is 0 Å². The molecule has 0 bridgehead atoms. The van der Waals surface area contributed by atoms with Gasteiger partial charge < -0.3 is 5.32 Å². The zero-order chi connectivity index (χ0) is 13.6. The first-order chi connectivity index (χ1) is 8.44. The summed E-state index contributed by atoms with van der Waals surface area (Å²) in [6, 6.07) is 8.02. The van der Waals surface area contributed by atoms with Gasteiger partial charge in [-0.25, -0.2) is 13.1 Å². The molecule has 0 saturated heterocycles. The number of hydrogen-bond acceptors (Lipinski definition) is 3. The fourth-order valence-corrected chi connectivity index (χ4v) is 2.53. The summed E-state index contributed by atoms with van der Waals surface area (Å²) in [5.74, 6) is 0.597. The Morgan fingerprint density at radius 1 is 1.17 bits per heavy atom. The molecular formula is C13H22N2O2S. The van der Waals surface area contributed by atoms with Crippen LogP contribution in [0.1, 0.15) is 30.9 Å². The van der Waals surface area contributed by atoms with Crippen molar-refractivity contribution < 1.29 is 8.42 Å². The summed E-state index contributed by atoms with van der Waals surface area (Å²) in [5.41, 5.74) is 2.24. The van der Waals surface area contributed by atoms with E-state index in [0.29, 0.717) is 19.0 Å². The molecule has 0 amide bonds. The first-order valence-electron chi connectivity index (χ1n) is 6.15. The van der Waals surface area contributed by atoms with Crippen molar-refractivity contribution in [1.82, 2.24) is 10.0 Å². The van der Waals surface area contributed by atoms with Gasteiger partial charge in [0.15, 0.2) is 0 Å². The normalized spacial score (nSPS) is 12.0. The van der Waals surface area contributed by atoms with Crippen LogP contribution in [0.3, 0.4) is 0 Å². The minimum Gasteiger partial charge on any atom is -0.319 e. The third-order valence-corrected chi connectivity index (χ3v) is 4.09. The van der Waals surface area contributed by atoms with Gasteiger partial charge in [0, 0.05) is 13.1 Å². The second kappa shape index (κ2) is 6.87. The molecule has 0 radical (unpaired) electrons. The summed E-state index contributed by atoms with van der Waals surface area (Å²) in [6.07, 6.45) is 0. The second-order valence-electron chi connectivity index (χ2n) is 4.64. The van der Waals surface area contributed by atoms with Crippen LogP contribution in [-0.2, 0) is 16.6 Å². The molecule has 0 heterocycles. The first kappa shape index (κ1) is 15.1. The number of nitrogens with one attached hydrogen (secondary N) is 2. The van der Waals surface area contributed by atoms with Crippen molar-refractivity contribution in [2.45, 2.75) is 26.3 Å². The highest BCUT2D eigenvalue weighted by atomic mass is 32.2. The molecule has 0 spiro atoms. The van der Waals surface area contributed by atoms with Crippen LogP contribution in [0.4, 0.5) is 0 Å². The molecule has 0 atom stereocenters. The summed E-state index contributed by atoms with van der Waals surface area (Å²) in [6.45, 7) is 5.08. The maximum absolute atomic E-state index is 11.6. The summed E-state index contributed by atoms with van der Waals surface area (Å²) < 4.78 is 25.8. The topological polar surface area (TPSA) is 58.2 Å². The molecule has 2 N–H and O–H groups in total. The maximum atomic E-state index is 11.6. The number of rotatable bonds is 7. The lowest BCUT2D eigenvalue weighted by atomic mass is 10.0. The molecule has 0 aromatic heterocycles. The molecule has 0 aliphatic carbocycles. The molecule has 5 heteroatoms. The molecule has 1 rings (SSSR count). The summed E-state index contributed by atoms with van der Waals surface area (Å²) in [5, 5.41) is 2.82. The van der Waals surface area contributed by atoms with Crippen molar-refractivity contribution >= 4 is 10.0 Å².